The molecule has 0 heterocycles. The number of anilines is 1. The summed E-state index contributed by atoms with van der Waals surface area (Å²) in [5.74, 6) is -0.662. The van der Waals surface area contributed by atoms with E-state index in [-0.39, 0.29) is 16.3 Å². The molecular weight excluding hydrogens is 368 g/mol. The number of methoxy groups -OCH3 is 1. The van der Waals surface area contributed by atoms with Crippen molar-refractivity contribution in [2.45, 2.75) is 25.3 Å². The van der Waals surface area contributed by atoms with Crippen LogP contribution in [0.15, 0.2) is 47.4 Å². The summed E-state index contributed by atoms with van der Waals surface area (Å²) in [6.07, 6.45) is 0. The topological polar surface area (TPSA) is 95.9 Å². The van der Waals surface area contributed by atoms with Gasteiger partial charge in [0.1, 0.15) is 5.75 Å². The maximum Gasteiger partial charge on any atom is 0.255 e. The minimum absolute atomic E-state index is 0.00902. The molecule has 0 aromatic heterocycles. The van der Waals surface area contributed by atoms with E-state index >= 15 is 0 Å². The third-order valence-corrected chi connectivity index (χ3v) is 6.13. The lowest BCUT2D eigenvalue weighted by Gasteiger charge is -2.19. The Balaban J connectivity index is 2.27. The number of aromatic hydroxyl groups is 1. The average Bonchev–Trinajstić information content (AvgIpc) is 2.65. The van der Waals surface area contributed by atoms with Crippen molar-refractivity contribution in [1.82, 2.24) is 4.31 Å². The minimum atomic E-state index is -3.70. The first kappa shape index (κ1) is 20.9. The summed E-state index contributed by atoms with van der Waals surface area (Å²) < 4.78 is 31.6. The molecule has 0 bridgehead atoms. The monoisotopic (exact) mass is 392 g/mol. The van der Waals surface area contributed by atoms with Crippen molar-refractivity contribution >= 4 is 21.6 Å². The molecule has 0 aliphatic carbocycles. The Hall–Kier alpha value is -2.42. The summed E-state index contributed by atoms with van der Waals surface area (Å²) in [5.41, 5.74) is 1.34. The number of carbonyl (C=O) groups is 1. The van der Waals surface area contributed by atoms with Crippen LogP contribution in [0.1, 0.15) is 29.8 Å². The van der Waals surface area contributed by atoms with Gasteiger partial charge < -0.3 is 15.2 Å². The summed E-state index contributed by atoms with van der Waals surface area (Å²) in [5, 5.41) is 12.6. The van der Waals surface area contributed by atoms with Gasteiger partial charge in [0.15, 0.2) is 0 Å². The maximum absolute atomic E-state index is 12.6. The fraction of sp³-hybridized carbons (Fsp3) is 0.316. The summed E-state index contributed by atoms with van der Waals surface area (Å²) in [6, 6.07) is 10.6. The van der Waals surface area contributed by atoms with E-state index in [4.69, 9.17) is 4.74 Å². The highest BCUT2D eigenvalue weighted by Crippen LogP contribution is 2.28. The lowest BCUT2D eigenvalue weighted by molar-refractivity contribution is 0.102. The molecule has 1 amide bonds. The highest BCUT2D eigenvalue weighted by atomic mass is 32.2. The zero-order valence-electron chi connectivity index (χ0n) is 15.6. The van der Waals surface area contributed by atoms with E-state index < -0.39 is 15.9 Å². The Morgan fingerprint density at radius 1 is 1.11 bits per heavy atom. The summed E-state index contributed by atoms with van der Waals surface area (Å²) in [4.78, 5) is 12.4. The number of nitrogens with one attached hydrogen (secondary N) is 1. The molecule has 146 valence electrons. The molecule has 0 aliphatic heterocycles. The highest BCUT2D eigenvalue weighted by Gasteiger charge is 2.23. The van der Waals surface area contributed by atoms with Gasteiger partial charge in [-0.1, -0.05) is 26.0 Å². The van der Waals surface area contributed by atoms with Crippen molar-refractivity contribution in [2.24, 2.45) is 0 Å². The predicted molar refractivity (Wildman–Crippen MR) is 103 cm³/mol. The number of rotatable bonds is 8. The number of ether oxygens (including phenoxy) is 1. The second-order valence-electron chi connectivity index (χ2n) is 5.85. The van der Waals surface area contributed by atoms with Gasteiger partial charge in [-0.2, -0.15) is 4.31 Å². The second kappa shape index (κ2) is 8.98. The number of benzene rings is 2. The molecule has 0 unspecified atom stereocenters. The smallest absolute Gasteiger partial charge is 0.255 e. The number of nitrogens with zero attached hydrogens (tertiary/aromatic N) is 1. The van der Waals surface area contributed by atoms with Gasteiger partial charge >= 0.3 is 0 Å². The van der Waals surface area contributed by atoms with Gasteiger partial charge in [0.05, 0.1) is 17.2 Å². The lowest BCUT2D eigenvalue weighted by atomic mass is 10.1. The molecule has 0 saturated carbocycles. The van der Waals surface area contributed by atoms with Crippen LogP contribution < -0.4 is 5.32 Å². The van der Waals surface area contributed by atoms with Crippen LogP contribution in [0.25, 0.3) is 0 Å². The molecule has 2 aromatic rings. The van der Waals surface area contributed by atoms with E-state index in [9.17, 15) is 18.3 Å². The average molecular weight is 392 g/mol. The molecule has 0 atom stereocenters. The molecule has 27 heavy (non-hydrogen) atoms. The SMILES string of the molecule is CCN(CC)S(=O)(=O)c1ccc(O)c(NC(=O)c2ccc(COC)cc2)c1. The van der Waals surface area contributed by atoms with E-state index in [0.717, 1.165) is 5.56 Å². The van der Waals surface area contributed by atoms with Crippen LogP contribution in [0.2, 0.25) is 0 Å². The van der Waals surface area contributed by atoms with Gasteiger partial charge in [0.2, 0.25) is 10.0 Å². The van der Waals surface area contributed by atoms with Crippen LogP contribution in [0, 0.1) is 0 Å². The third-order valence-electron chi connectivity index (χ3n) is 4.09. The molecule has 0 fully saturated rings. The van der Waals surface area contributed by atoms with E-state index in [1.54, 1.807) is 45.2 Å². The van der Waals surface area contributed by atoms with Gasteiger partial charge in [-0.15, -0.1) is 0 Å². The Kier molecular flexibility index (Phi) is 6.95. The molecule has 0 radical (unpaired) electrons. The van der Waals surface area contributed by atoms with E-state index in [2.05, 4.69) is 5.32 Å². The molecule has 0 spiro atoms. The van der Waals surface area contributed by atoms with Crippen LogP contribution in [0.3, 0.4) is 0 Å². The number of amides is 1. The zero-order chi connectivity index (χ0) is 20.0. The molecule has 2 rings (SSSR count). The number of phenols is 1. The zero-order valence-corrected chi connectivity index (χ0v) is 16.4. The normalized spacial score (nSPS) is 11.6. The first-order valence-electron chi connectivity index (χ1n) is 8.55. The number of carbonyl (C=O) groups excluding carboxylic acids is 1. The van der Waals surface area contributed by atoms with Crippen molar-refractivity contribution < 1.29 is 23.1 Å². The third kappa shape index (κ3) is 4.85. The van der Waals surface area contributed by atoms with Crippen molar-refractivity contribution in [1.29, 1.82) is 0 Å². The maximum atomic E-state index is 12.6. The van der Waals surface area contributed by atoms with Crippen LogP contribution in [-0.2, 0) is 21.4 Å². The number of hydrogen-bond donors (Lipinski definition) is 2. The molecule has 8 heteroatoms. The summed E-state index contributed by atoms with van der Waals surface area (Å²) in [6.45, 7) is 4.59. The van der Waals surface area contributed by atoms with Gasteiger partial charge in [-0.3, -0.25) is 4.79 Å². The standard InChI is InChI=1S/C19H24N2O5S/c1-4-21(5-2)27(24,25)16-10-11-18(22)17(12-16)20-19(23)15-8-6-14(7-9-15)13-26-3/h6-12,22H,4-5,13H2,1-3H3,(H,20,23). The van der Waals surface area contributed by atoms with Crippen LogP contribution in [0.4, 0.5) is 5.69 Å². The molecule has 0 aliphatic rings. The molecular formula is C19H24N2O5S. The molecule has 2 aromatic carbocycles. The highest BCUT2D eigenvalue weighted by molar-refractivity contribution is 7.89. The van der Waals surface area contributed by atoms with Crippen LogP contribution in [0.5, 0.6) is 5.75 Å². The van der Waals surface area contributed by atoms with Crippen LogP contribution in [-0.4, -0.2) is 43.9 Å². The lowest BCUT2D eigenvalue weighted by Crippen LogP contribution is -2.30. The minimum Gasteiger partial charge on any atom is -0.506 e. The van der Waals surface area contributed by atoms with E-state index in [1.165, 1.54) is 22.5 Å². The Bertz CT molecular complexity index is 891. The van der Waals surface area contributed by atoms with E-state index in [1.807, 2.05) is 0 Å². The number of sulfonamides is 1. The Morgan fingerprint density at radius 3 is 2.30 bits per heavy atom. The van der Waals surface area contributed by atoms with Crippen LogP contribution >= 0.6 is 0 Å². The first-order chi connectivity index (χ1) is 12.8. The van der Waals surface area contributed by atoms with Gasteiger partial charge in [0, 0.05) is 25.8 Å². The molecule has 2 N–H and O–H groups in total. The molecule has 0 saturated heterocycles. The van der Waals surface area contributed by atoms with Crippen molar-refractivity contribution in [3.05, 3.63) is 53.6 Å². The fourth-order valence-corrected chi connectivity index (χ4v) is 4.09. The fourth-order valence-electron chi connectivity index (χ4n) is 2.60. The summed E-state index contributed by atoms with van der Waals surface area (Å²) >= 11 is 0. The summed E-state index contributed by atoms with van der Waals surface area (Å²) in [7, 11) is -2.11. The largest absolute Gasteiger partial charge is 0.506 e. The van der Waals surface area contributed by atoms with E-state index in [0.29, 0.717) is 25.3 Å². The van der Waals surface area contributed by atoms with Gasteiger partial charge in [0.25, 0.3) is 5.91 Å². The first-order valence-corrected chi connectivity index (χ1v) is 9.99. The van der Waals surface area contributed by atoms with Gasteiger partial charge in [-0.05, 0) is 35.9 Å². The van der Waals surface area contributed by atoms with Gasteiger partial charge in [-0.25, -0.2) is 8.42 Å². The molecule has 7 nitrogen and oxygen atoms in total. The Morgan fingerprint density at radius 2 is 1.74 bits per heavy atom. The van der Waals surface area contributed by atoms with Crippen molar-refractivity contribution in [2.75, 3.05) is 25.5 Å². The number of hydrogen-bond acceptors (Lipinski definition) is 5. The number of phenolic OH excluding ortho intramolecular Hbond substituents is 1. The van der Waals surface area contributed by atoms with Crippen molar-refractivity contribution in [3.63, 3.8) is 0 Å². The quantitative estimate of drug-likeness (QED) is 0.674. The second-order valence-corrected chi connectivity index (χ2v) is 7.79. The Labute approximate surface area is 159 Å². The predicted octanol–water partition coefficient (Wildman–Crippen LogP) is 2.82. The van der Waals surface area contributed by atoms with Crippen molar-refractivity contribution in [3.8, 4) is 5.75 Å².